The molecule has 114 valence electrons. The summed E-state index contributed by atoms with van der Waals surface area (Å²) in [4.78, 5) is 14.0. The molecule has 0 bridgehead atoms. The molecule has 1 aromatic rings. The molecule has 1 saturated heterocycles. The molecular weight excluding hydrogens is 288 g/mol. The number of benzene rings is 1. The highest BCUT2D eigenvalue weighted by Crippen LogP contribution is 2.24. The van der Waals surface area contributed by atoms with Gasteiger partial charge >= 0.3 is 0 Å². The summed E-state index contributed by atoms with van der Waals surface area (Å²) in [7, 11) is 0. The molecule has 1 aliphatic heterocycles. The fraction of sp³-hybridized carbons (Fsp3) is 0.438. The molecule has 1 aromatic carbocycles. The third-order valence-electron chi connectivity index (χ3n) is 3.53. The minimum absolute atomic E-state index is 0.00400. The summed E-state index contributed by atoms with van der Waals surface area (Å²) < 4.78 is 5.53. The van der Waals surface area contributed by atoms with E-state index in [4.69, 9.17) is 22.1 Å². The zero-order valence-electron chi connectivity index (χ0n) is 12.2. The zero-order chi connectivity index (χ0) is 15.2. The van der Waals surface area contributed by atoms with Crippen LogP contribution in [0, 0.1) is 0 Å². The number of halogens is 1. The van der Waals surface area contributed by atoms with Crippen LogP contribution in [0.1, 0.15) is 25.3 Å². The normalized spacial score (nSPS) is 16.4. The lowest BCUT2D eigenvalue weighted by molar-refractivity contribution is -0.126. The first-order chi connectivity index (χ1) is 10.1. The number of carbonyl (C=O) groups is 1. The summed E-state index contributed by atoms with van der Waals surface area (Å²) in [5, 5.41) is 0.620. The van der Waals surface area contributed by atoms with Crippen molar-refractivity contribution in [3.63, 3.8) is 0 Å². The molecule has 2 N–H and O–H groups in total. The number of hydrogen-bond donors (Lipinski definition) is 1. The van der Waals surface area contributed by atoms with Crippen LogP contribution in [0.5, 0.6) is 5.75 Å². The Hall–Kier alpha value is -1.52. The monoisotopic (exact) mass is 308 g/mol. The second kappa shape index (κ2) is 7.48. The van der Waals surface area contributed by atoms with Crippen LogP contribution in [0.15, 0.2) is 24.3 Å². The number of ether oxygens (including phenoxy) is 1. The number of nitrogens with two attached hydrogens (primary N) is 1. The molecule has 5 heteroatoms. The van der Waals surface area contributed by atoms with E-state index in [1.807, 2.05) is 17.9 Å². The number of likely N-dealkylation sites (tertiary alicyclic amines) is 1. The molecule has 0 aromatic heterocycles. The summed E-state index contributed by atoms with van der Waals surface area (Å²) in [6.07, 6.45) is 5.06. The van der Waals surface area contributed by atoms with Gasteiger partial charge in [0.25, 0.3) is 0 Å². The van der Waals surface area contributed by atoms with Crippen molar-refractivity contribution in [2.24, 2.45) is 5.73 Å². The van der Waals surface area contributed by atoms with E-state index in [0.717, 1.165) is 37.2 Å². The molecule has 1 fully saturated rings. The summed E-state index contributed by atoms with van der Waals surface area (Å²) in [6.45, 7) is 3.93. The van der Waals surface area contributed by atoms with Crippen molar-refractivity contribution in [2.45, 2.75) is 25.8 Å². The Labute approximate surface area is 130 Å². The van der Waals surface area contributed by atoms with E-state index in [9.17, 15) is 4.79 Å². The van der Waals surface area contributed by atoms with Crippen LogP contribution >= 0.6 is 11.6 Å². The molecular formula is C16H21ClN2O2. The average molecular weight is 309 g/mol. The second-order valence-corrected chi connectivity index (χ2v) is 5.55. The maximum Gasteiger partial charge on any atom is 0.246 e. The minimum Gasteiger partial charge on any atom is -0.493 e. The molecule has 0 spiro atoms. The first-order valence-electron chi connectivity index (χ1n) is 7.25. The van der Waals surface area contributed by atoms with Crippen LogP contribution in [0.4, 0.5) is 0 Å². The molecule has 1 heterocycles. The van der Waals surface area contributed by atoms with Gasteiger partial charge in [-0.1, -0.05) is 11.6 Å². The lowest BCUT2D eigenvalue weighted by atomic mass is 10.1. The largest absolute Gasteiger partial charge is 0.493 e. The van der Waals surface area contributed by atoms with Crippen LogP contribution in [-0.4, -0.2) is 36.5 Å². The van der Waals surface area contributed by atoms with Crippen LogP contribution < -0.4 is 10.5 Å². The van der Waals surface area contributed by atoms with Gasteiger partial charge < -0.3 is 15.4 Å². The molecule has 0 atom stereocenters. The lowest BCUT2D eigenvalue weighted by Gasteiger charge is -2.29. The number of hydrogen-bond acceptors (Lipinski definition) is 3. The maximum absolute atomic E-state index is 12.2. The number of amides is 1. The van der Waals surface area contributed by atoms with E-state index in [1.165, 1.54) is 0 Å². The van der Waals surface area contributed by atoms with Gasteiger partial charge in [0.15, 0.2) is 0 Å². The maximum atomic E-state index is 12.2. The summed E-state index contributed by atoms with van der Waals surface area (Å²) in [6, 6.07) is 5.60. The van der Waals surface area contributed by atoms with Crippen LogP contribution in [-0.2, 0) is 4.79 Å². The summed E-state index contributed by atoms with van der Waals surface area (Å²) >= 11 is 6.00. The molecule has 4 nitrogen and oxygen atoms in total. The van der Waals surface area contributed by atoms with Crippen molar-refractivity contribution in [1.29, 1.82) is 0 Å². The predicted octanol–water partition coefficient (Wildman–Crippen LogP) is 2.70. The van der Waals surface area contributed by atoms with Crippen molar-refractivity contribution in [2.75, 3.05) is 19.7 Å². The van der Waals surface area contributed by atoms with Crippen LogP contribution in [0.25, 0.3) is 6.08 Å². The zero-order valence-corrected chi connectivity index (χ0v) is 13.0. The smallest absolute Gasteiger partial charge is 0.246 e. The quantitative estimate of drug-likeness (QED) is 0.870. The van der Waals surface area contributed by atoms with Crippen molar-refractivity contribution < 1.29 is 9.53 Å². The van der Waals surface area contributed by atoms with E-state index >= 15 is 0 Å². The minimum atomic E-state index is 0.00400. The van der Waals surface area contributed by atoms with Gasteiger partial charge in [0.05, 0.1) is 6.61 Å². The molecule has 0 radical (unpaired) electrons. The fourth-order valence-electron chi connectivity index (χ4n) is 2.32. The second-order valence-electron chi connectivity index (χ2n) is 5.11. The van der Waals surface area contributed by atoms with Gasteiger partial charge in [0.2, 0.25) is 5.91 Å². The van der Waals surface area contributed by atoms with Gasteiger partial charge in [-0.05, 0) is 44.0 Å². The van der Waals surface area contributed by atoms with Crippen molar-refractivity contribution >= 4 is 23.6 Å². The molecule has 21 heavy (non-hydrogen) atoms. The Morgan fingerprint density at radius 2 is 2.19 bits per heavy atom. The topological polar surface area (TPSA) is 55.6 Å². The Kier molecular flexibility index (Phi) is 5.65. The van der Waals surface area contributed by atoms with E-state index in [2.05, 4.69) is 0 Å². The van der Waals surface area contributed by atoms with E-state index in [0.29, 0.717) is 11.6 Å². The van der Waals surface area contributed by atoms with Gasteiger partial charge in [-0.25, -0.2) is 0 Å². The van der Waals surface area contributed by atoms with Gasteiger partial charge in [0.1, 0.15) is 5.75 Å². The summed E-state index contributed by atoms with van der Waals surface area (Å²) in [5.41, 5.74) is 6.66. The fourth-order valence-corrected chi connectivity index (χ4v) is 2.50. The first-order valence-corrected chi connectivity index (χ1v) is 7.63. The average Bonchev–Trinajstić information content (AvgIpc) is 2.48. The number of carbonyl (C=O) groups excluding carboxylic acids is 1. The number of piperidine rings is 1. The molecule has 0 saturated carbocycles. The van der Waals surface area contributed by atoms with E-state index < -0.39 is 0 Å². The van der Waals surface area contributed by atoms with Crippen molar-refractivity contribution in [3.05, 3.63) is 34.9 Å². The number of nitrogens with zero attached hydrogens (tertiary/aromatic N) is 1. The molecule has 2 rings (SSSR count). The highest BCUT2D eigenvalue weighted by molar-refractivity contribution is 6.30. The van der Waals surface area contributed by atoms with Gasteiger partial charge in [-0.3, -0.25) is 4.79 Å². The van der Waals surface area contributed by atoms with E-state index in [-0.39, 0.29) is 11.9 Å². The molecule has 0 aliphatic carbocycles. The van der Waals surface area contributed by atoms with E-state index in [1.54, 1.807) is 24.3 Å². The highest BCUT2D eigenvalue weighted by Gasteiger charge is 2.18. The third-order valence-corrected chi connectivity index (χ3v) is 3.76. The predicted molar refractivity (Wildman–Crippen MR) is 85.4 cm³/mol. The Balaban J connectivity index is 2.06. The van der Waals surface area contributed by atoms with Gasteiger partial charge in [0, 0.05) is 35.8 Å². The van der Waals surface area contributed by atoms with Crippen LogP contribution in [0.2, 0.25) is 5.02 Å². The molecule has 1 aliphatic rings. The van der Waals surface area contributed by atoms with Crippen molar-refractivity contribution in [1.82, 2.24) is 4.90 Å². The summed E-state index contributed by atoms with van der Waals surface area (Å²) in [5.74, 6) is 0.732. The highest BCUT2D eigenvalue weighted by atomic mass is 35.5. The van der Waals surface area contributed by atoms with Crippen molar-refractivity contribution in [3.8, 4) is 5.75 Å². The first kappa shape index (κ1) is 15.9. The number of rotatable bonds is 4. The molecule has 0 unspecified atom stereocenters. The standard InChI is InChI=1S/C16H21ClN2O2/c1-2-21-15-5-4-13(17)11-12(15)3-6-16(20)19-9-7-14(18)8-10-19/h3-6,11,14H,2,7-10,18H2,1H3/b6-3+. The Bertz CT molecular complexity index is 523. The van der Waals surface area contributed by atoms with Crippen LogP contribution in [0.3, 0.4) is 0 Å². The SMILES string of the molecule is CCOc1ccc(Cl)cc1/C=C/C(=O)N1CCC(N)CC1. The Morgan fingerprint density at radius 1 is 1.48 bits per heavy atom. The Morgan fingerprint density at radius 3 is 2.86 bits per heavy atom. The van der Waals surface area contributed by atoms with Gasteiger partial charge in [-0.15, -0.1) is 0 Å². The van der Waals surface area contributed by atoms with Gasteiger partial charge in [-0.2, -0.15) is 0 Å². The third kappa shape index (κ3) is 4.48. The lowest BCUT2D eigenvalue weighted by Crippen LogP contribution is -2.42. The molecule has 1 amide bonds.